The number of nitrogens with zero attached hydrogens (tertiary/aromatic N) is 3. The molecule has 4 heteroatoms. The lowest BCUT2D eigenvalue weighted by atomic mass is 9.93. The summed E-state index contributed by atoms with van der Waals surface area (Å²) in [5.74, 6) is 0. The maximum atomic E-state index is 12.9. The van der Waals surface area contributed by atoms with Crippen LogP contribution in [-0.2, 0) is 0 Å². The number of hydrogen-bond acceptors (Lipinski definition) is 2. The highest BCUT2D eigenvalue weighted by atomic mass is 16.2. The first-order chi connectivity index (χ1) is 11.1. The van der Waals surface area contributed by atoms with E-state index in [1.807, 2.05) is 62.4 Å². The largest absolute Gasteiger partial charge is 0.325 e. The van der Waals surface area contributed by atoms with Crippen molar-refractivity contribution in [3.63, 3.8) is 0 Å². The maximum absolute atomic E-state index is 12.9. The average molecular weight is 309 g/mol. The molecule has 1 atom stereocenters. The van der Waals surface area contributed by atoms with E-state index < -0.39 is 0 Å². The summed E-state index contributed by atoms with van der Waals surface area (Å²) in [5.41, 5.74) is 3.33. The fourth-order valence-corrected chi connectivity index (χ4v) is 3.13. The Morgan fingerprint density at radius 2 is 1.65 bits per heavy atom. The summed E-state index contributed by atoms with van der Waals surface area (Å²) >= 11 is 0. The van der Waals surface area contributed by atoms with Gasteiger partial charge in [-0.05, 0) is 25.7 Å². The molecule has 0 aliphatic carbocycles. The molecule has 0 spiro atoms. The predicted molar refractivity (Wildman–Crippen MR) is 93.8 cm³/mol. The van der Waals surface area contributed by atoms with Gasteiger partial charge in [0.25, 0.3) is 0 Å². The van der Waals surface area contributed by atoms with Crippen LogP contribution in [0.2, 0.25) is 0 Å². The van der Waals surface area contributed by atoms with Crippen LogP contribution >= 0.6 is 0 Å². The third-order valence-electron chi connectivity index (χ3n) is 4.34. The van der Waals surface area contributed by atoms with Crippen LogP contribution in [0.5, 0.6) is 0 Å². The van der Waals surface area contributed by atoms with Crippen molar-refractivity contribution < 1.29 is 4.79 Å². The van der Waals surface area contributed by atoms with Gasteiger partial charge in [-0.25, -0.2) is 4.79 Å². The number of urea groups is 1. The molecule has 4 nitrogen and oxygen atoms in total. The minimum Gasteiger partial charge on any atom is -0.312 e. The molecule has 1 aliphatic heterocycles. The molecule has 1 aliphatic rings. The number of carbonyl (C=O) groups is 1. The van der Waals surface area contributed by atoms with Gasteiger partial charge in [0.15, 0.2) is 0 Å². The zero-order chi connectivity index (χ0) is 16.4. The molecule has 120 valence electrons. The predicted octanol–water partition coefficient (Wildman–Crippen LogP) is 3.21. The second kappa shape index (κ2) is 6.42. The number of benzene rings is 2. The van der Waals surface area contributed by atoms with Crippen molar-refractivity contribution in [3.8, 4) is 0 Å². The van der Waals surface area contributed by atoms with Crippen molar-refractivity contribution in [1.29, 1.82) is 0 Å². The summed E-state index contributed by atoms with van der Waals surface area (Å²) in [6.07, 6.45) is 0. The van der Waals surface area contributed by atoms with Crippen molar-refractivity contribution in [2.45, 2.75) is 6.04 Å². The number of likely N-dealkylation sites (N-methyl/N-ethyl adjacent to an activating group) is 1. The fraction of sp³-hybridized carbons (Fsp3) is 0.316. The number of rotatable bonds is 4. The molecular weight excluding hydrogens is 286 g/mol. The number of para-hydroxylation sites is 1. The topological polar surface area (TPSA) is 26.8 Å². The molecule has 2 aromatic carbocycles. The first-order valence-electron chi connectivity index (χ1n) is 7.92. The molecule has 2 aromatic rings. The Kier molecular flexibility index (Phi) is 4.35. The standard InChI is InChI=1S/C19H23N3O/c1-20(2)13-14-22-18(15-9-5-4-6-10-15)16-11-7-8-12-17(16)21(3)19(22)23/h4-12,18H,13-14H2,1-3H3. The van der Waals surface area contributed by atoms with E-state index >= 15 is 0 Å². The van der Waals surface area contributed by atoms with Gasteiger partial charge in [-0.15, -0.1) is 0 Å². The Balaban J connectivity index is 2.08. The number of anilines is 1. The van der Waals surface area contributed by atoms with Crippen LogP contribution in [0.4, 0.5) is 10.5 Å². The molecule has 23 heavy (non-hydrogen) atoms. The molecule has 0 fully saturated rings. The summed E-state index contributed by atoms with van der Waals surface area (Å²) in [5, 5.41) is 0. The van der Waals surface area contributed by atoms with Gasteiger partial charge in [0.05, 0.1) is 11.7 Å². The zero-order valence-electron chi connectivity index (χ0n) is 13.9. The van der Waals surface area contributed by atoms with Crippen LogP contribution < -0.4 is 4.90 Å². The number of amides is 2. The van der Waals surface area contributed by atoms with Crippen LogP contribution in [-0.4, -0.2) is 50.1 Å². The minimum atomic E-state index is -0.0314. The van der Waals surface area contributed by atoms with Gasteiger partial charge in [0.1, 0.15) is 0 Å². The van der Waals surface area contributed by atoms with E-state index in [4.69, 9.17) is 0 Å². The molecule has 2 amide bonds. The van der Waals surface area contributed by atoms with Crippen molar-refractivity contribution in [2.24, 2.45) is 0 Å². The van der Waals surface area contributed by atoms with Gasteiger partial charge in [0, 0.05) is 25.7 Å². The van der Waals surface area contributed by atoms with Crippen LogP contribution in [0, 0.1) is 0 Å². The lowest BCUT2D eigenvalue weighted by Crippen LogP contribution is -2.50. The third kappa shape index (κ3) is 2.94. The number of fused-ring (bicyclic) bond motifs is 1. The highest BCUT2D eigenvalue weighted by Gasteiger charge is 2.36. The van der Waals surface area contributed by atoms with E-state index in [0.29, 0.717) is 6.54 Å². The molecule has 0 aromatic heterocycles. The van der Waals surface area contributed by atoms with E-state index in [9.17, 15) is 4.79 Å². The van der Waals surface area contributed by atoms with E-state index in [-0.39, 0.29) is 12.1 Å². The smallest absolute Gasteiger partial charge is 0.312 e. The monoisotopic (exact) mass is 309 g/mol. The van der Waals surface area contributed by atoms with Gasteiger partial charge in [-0.1, -0.05) is 48.5 Å². The molecule has 0 N–H and O–H groups in total. The molecule has 0 bridgehead atoms. The second-order valence-corrected chi connectivity index (χ2v) is 6.21. The minimum absolute atomic E-state index is 0.0314. The zero-order valence-corrected chi connectivity index (χ0v) is 13.9. The van der Waals surface area contributed by atoms with E-state index in [1.54, 1.807) is 4.90 Å². The SMILES string of the molecule is CN(C)CCN1C(=O)N(C)c2ccccc2C1c1ccccc1. The molecular formula is C19H23N3O. The highest BCUT2D eigenvalue weighted by molar-refractivity contribution is 5.95. The summed E-state index contributed by atoms with van der Waals surface area (Å²) in [6, 6.07) is 18.5. The Hall–Kier alpha value is -2.33. The summed E-state index contributed by atoms with van der Waals surface area (Å²) in [7, 11) is 5.91. The van der Waals surface area contributed by atoms with Crippen molar-refractivity contribution >= 4 is 11.7 Å². The molecule has 1 heterocycles. The highest BCUT2D eigenvalue weighted by Crippen LogP contribution is 2.39. The van der Waals surface area contributed by atoms with Crippen LogP contribution in [0.1, 0.15) is 17.2 Å². The normalized spacial score (nSPS) is 17.6. The first-order valence-corrected chi connectivity index (χ1v) is 7.92. The maximum Gasteiger partial charge on any atom is 0.325 e. The van der Waals surface area contributed by atoms with E-state index in [0.717, 1.165) is 17.8 Å². The molecule has 0 radical (unpaired) electrons. The Morgan fingerprint density at radius 1 is 1.00 bits per heavy atom. The lowest BCUT2D eigenvalue weighted by molar-refractivity contribution is 0.180. The summed E-state index contributed by atoms with van der Waals surface area (Å²) < 4.78 is 0. The fourth-order valence-electron chi connectivity index (χ4n) is 3.13. The summed E-state index contributed by atoms with van der Waals surface area (Å²) in [6.45, 7) is 1.54. The van der Waals surface area contributed by atoms with Gasteiger partial charge < -0.3 is 9.80 Å². The molecule has 0 saturated heterocycles. The van der Waals surface area contributed by atoms with E-state index in [2.05, 4.69) is 23.1 Å². The molecule has 0 saturated carbocycles. The Bertz CT molecular complexity index is 684. The second-order valence-electron chi connectivity index (χ2n) is 6.21. The van der Waals surface area contributed by atoms with Gasteiger partial charge in [-0.3, -0.25) is 4.90 Å². The van der Waals surface area contributed by atoms with Gasteiger partial charge in [-0.2, -0.15) is 0 Å². The van der Waals surface area contributed by atoms with Crippen LogP contribution in [0.25, 0.3) is 0 Å². The average Bonchev–Trinajstić information content (AvgIpc) is 2.57. The van der Waals surface area contributed by atoms with Gasteiger partial charge in [0.2, 0.25) is 0 Å². The molecule has 1 unspecified atom stereocenters. The van der Waals surface area contributed by atoms with Gasteiger partial charge >= 0.3 is 6.03 Å². The summed E-state index contributed by atoms with van der Waals surface area (Å²) in [4.78, 5) is 18.7. The van der Waals surface area contributed by atoms with Crippen molar-refractivity contribution in [1.82, 2.24) is 9.80 Å². The number of hydrogen-bond donors (Lipinski definition) is 0. The van der Waals surface area contributed by atoms with E-state index in [1.165, 1.54) is 5.56 Å². The lowest BCUT2D eigenvalue weighted by Gasteiger charge is -2.42. The third-order valence-corrected chi connectivity index (χ3v) is 4.34. The van der Waals surface area contributed by atoms with Crippen molar-refractivity contribution in [3.05, 3.63) is 65.7 Å². The quantitative estimate of drug-likeness (QED) is 0.867. The van der Waals surface area contributed by atoms with Crippen LogP contribution in [0.3, 0.4) is 0 Å². The van der Waals surface area contributed by atoms with Crippen LogP contribution in [0.15, 0.2) is 54.6 Å². The number of carbonyl (C=O) groups excluding carboxylic acids is 1. The van der Waals surface area contributed by atoms with Crippen molar-refractivity contribution in [2.75, 3.05) is 39.1 Å². The Morgan fingerprint density at radius 3 is 2.35 bits per heavy atom. The Labute approximate surface area is 137 Å². The first kappa shape index (κ1) is 15.6. The molecule has 3 rings (SSSR count).